The van der Waals surface area contributed by atoms with Crippen LogP contribution in [-0.2, 0) is 20.2 Å². The van der Waals surface area contributed by atoms with Gasteiger partial charge in [0.1, 0.15) is 0 Å². The van der Waals surface area contributed by atoms with E-state index in [4.69, 9.17) is 0 Å². The highest BCUT2D eigenvalue weighted by atomic mass is 32.2. The fraction of sp³-hybridized carbons (Fsp3) is 0.409. The summed E-state index contributed by atoms with van der Waals surface area (Å²) in [4.78, 5) is 12.7. The molecule has 6 nitrogen and oxygen atoms in total. The molecule has 1 aliphatic rings. The molecule has 1 amide bonds. The molecule has 0 aromatic heterocycles. The quantitative estimate of drug-likeness (QED) is 0.733. The Kier molecular flexibility index (Phi) is 6.29. The third kappa shape index (κ3) is 5.16. The summed E-state index contributed by atoms with van der Waals surface area (Å²) >= 11 is 0. The van der Waals surface area contributed by atoms with Gasteiger partial charge in [-0.05, 0) is 48.1 Å². The van der Waals surface area contributed by atoms with Gasteiger partial charge in [0.25, 0.3) is 0 Å². The molecule has 0 atom stereocenters. The summed E-state index contributed by atoms with van der Waals surface area (Å²) < 4.78 is 27.4. The minimum Gasteiger partial charge on any atom is -0.299 e. The van der Waals surface area contributed by atoms with Crippen molar-refractivity contribution in [2.45, 2.75) is 43.9 Å². The highest BCUT2D eigenvalue weighted by molar-refractivity contribution is 7.89. The SMILES string of the molecule is CC(C)(C)c1ccc(S(=O)(=O)N2CCC(C(=O)NNc3ccccc3)CC2)cc1. The van der Waals surface area contributed by atoms with Crippen molar-refractivity contribution in [3.8, 4) is 0 Å². The number of hydrogen-bond acceptors (Lipinski definition) is 4. The Morgan fingerprint density at radius 1 is 0.966 bits per heavy atom. The van der Waals surface area contributed by atoms with Crippen LogP contribution in [0.1, 0.15) is 39.2 Å². The van der Waals surface area contributed by atoms with Gasteiger partial charge in [0.15, 0.2) is 0 Å². The van der Waals surface area contributed by atoms with E-state index in [2.05, 4.69) is 31.6 Å². The summed E-state index contributed by atoms with van der Waals surface area (Å²) in [6.45, 7) is 6.97. The number of anilines is 1. The summed E-state index contributed by atoms with van der Waals surface area (Å²) in [5.41, 5.74) is 7.49. The number of sulfonamides is 1. The van der Waals surface area contributed by atoms with Crippen molar-refractivity contribution in [2.24, 2.45) is 5.92 Å². The van der Waals surface area contributed by atoms with Crippen molar-refractivity contribution in [2.75, 3.05) is 18.5 Å². The van der Waals surface area contributed by atoms with E-state index >= 15 is 0 Å². The lowest BCUT2D eigenvalue weighted by Crippen LogP contribution is -2.44. The molecule has 1 aliphatic heterocycles. The second-order valence-electron chi connectivity index (χ2n) is 8.43. The van der Waals surface area contributed by atoms with Crippen LogP contribution < -0.4 is 10.9 Å². The average molecular weight is 416 g/mol. The maximum Gasteiger partial charge on any atom is 0.243 e. The van der Waals surface area contributed by atoms with Gasteiger partial charge in [0, 0.05) is 19.0 Å². The van der Waals surface area contributed by atoms with Gasteiger partial charge in [-0.3, -0.25) is 15.6 Å². The number of nitrogens with one attached hydrogen (secondary N) is 2. The lowest BCUT2D eigenvalue weighted by atomic mass is 9.87. The molecule has 1 heterocycles. The van der Waals surface area contributed by atoms with E-state index in [1.807, 2.05) is 42.5 Å². The number of hydrogen-bond donors (Lipinski definition) is 2. The van der Waals surface area contributed by atoms with Crippen molar-refractivity contribution >= 4 is 21.6 Å². The van der Waals surface area contributed by atoms with Gasteiger partial charge in [-0.2, -0.15) is 4.31 Å². The molecule has 0 saturated carbocycles. The summed E-state index contributed by atoms with van der Waals surface area (Å²) in [5.74, 6) is -0.318. The molecule has 1 saturated heterocycles. The first-order valence-electron chi connectivity index (χ1n) is 9.89. The summed E-state index contributed by atoms with van der Waals surface area (Å²) in [5, 5.41) is 0. The molecular formula is C22H29N3O3S. The number of hydrazine groups is 1. The Morgan fingerprint density at radius 3 is 2.10 bits per heavy atom. The van der Waals surface area contributed by atoms with E-state index in [-0.39, 0.29) is 17.2 Å². The second kappa shape index (κ2) is 8.55. The Morgan fingerprint density at radius 2 is 1.55 bits per heavy atom. The van der Waals surface area contributed by atoms with Crippen molar-refractivity contribution < 1.29 is 13.2 Å². The number of nitrogens with zero attached hydrogens (tertiary/aromatic N) is 1. The van der Waals surface area contributed by atoms with Crippen LogP contribution in [0.25, 0.3) is 0 Å². The van der Waals surface area contributed by atoms with Crippen LogP contribution in [0.4, 0.5) is 5.69 Å². The van der Waals surface area contributed by atoms with Crippen LogP contribution in [-0.4, -0.2) is 31.7 Å². The normalized spacial score (nSPS) is 16.4. The standard InChI is InChI=1S/C22H29N3O3S/c1-22(2,3)18-9-11-20(12-10-18)29(27,28)25-15-13-17(14-16-25)21(26)24-23-19-7-5-4-6-8-19/h4-12,17,23H,13-16H2,1-3H3,(H,24,26). The van der Waals surface area contributed by atoms with Crippen LogP contribution >= 0.6 is 0 Å². The molecule has 29 heavy (non-hydrogen) atoms. The number of amides is 1. The van der Waals surface area contributed by atoms with Crippen molar-refractivity contribution in [3.05, 3.63) is 60.2 Å². The molecule has 0 unspecified atom stereocenters. The molecule has 2 aromatic rings. The average Bonchev–Trinajstić information content (AvgIpc) is 2.72. The van der Waals surface area contributed by atoms with Gasteiger partial charge in [-0.1, -0.05) is 51.1 Å². The molecule has 0 radical (unpaired) electrons. The van der Waals surface area contributed by atoms with Crippen LogP contribution in [0.15, 0.2) is 59.5 Å². The minimum atomic E-state index is -3.54. The first kappa shape index (κ1) is 21.3. The fourth-order valence-corrected chi connectivity index (χ4v) is 4.86. The van der Waals surface area contributed by atoms with E-state index in [1.54, 1.807) is 12.1 Å². The zero-order chi connectivity index (χ0) is 21.1. The number of carbonyl (C=O) groups excluding carboxylic acids is 1. The van der Waals surface area contributed by atoms with E-state index in [9.17, 15) is 13.2 Å². The van der Waals surface area contributed by atoms with E-state index in [0.29, 0.717) is 30.8 Å². The first-order chi connectivity index (χ1) is 13.7. The molecule has 0 spiro atoms. The van der Waals surface area contributed by atoms with Gasteiger partial charge in [-0.15, -0.1) is 0 Å². The van der Waals surface area contributed by atoms with E-state index in [1.165, 1.54) is 4.31 Å². The van der Waals surface area contributed by atoms with Gasteiger partial charge in [0.05, 0.1) is 10.6 Å². The third-order valence-electron chi connectivity index (χ3n) is 5.29. The number of piperidine rings is 1. The molecular weight excluding hydrogens is 386 g/mol. The fourth-order valence-electron chi connectivity index (χ4n) is 3.39. The van der Waals surface area contributed by atoms with Crippen molar-refractivity contribution in [3.63, 3.8) is 0 Å². The van der Waals surface area contributed by atoms with Gasteiger partial charge in [-0.25, -0.2) is 8.42 Å². The number of para-hydroxylation sites is 1. The Bertz CT molecular complexity index is 928. The molecule has 7 heteroatoms. The van der Waals surface area contributed by atoms with Gasteiger partial charge in [0.2, 0.25) is 15.9 Å². The summed E-state index contributed by atoms with van der Waals surface area (Å²) in [6, 6.07) is 16.5. The number of benzene rings is 2. The van der Waals surface area contributed by atoms with Crippen molar-refractivity contribution in [1.82, 2.24) is 9.73 Å². The highest BCUT2D eigenvalue weighted by Gasteiger charge is 2.32. The molecule has 156 valence electrons. The lowest BCUT2D eigenvalue weighted by molar-refractivity contribution is -0.125. The number of rotatable bonds is 5. The number of carbonyl (C=O) groups is 1. The maximum atomic E-state index is 12.9. The third-order valence-corrected chi connectivity index (χ3v) is 7.20. The van der Waals surface area contributed by atoms with Gasteiger partial charge < -0.3 is 0 Å². The lowest BCUT2D eigenvalue weighted by Gasteiger charge is -2.30. The predicted molar refractivity (Wildman–Crippen MR) is 115 cm³/mol. The second-order valence-corrected chi connectivity index (χ2v) is 10.4. The summed E-state index contributed by atoms with van der Waals surface area (Å²) in [6.07, 6.45) is 1.00. The molecule has 0 bridgehead atoms. The highest BCUT2D eigenvalue weighted by Crippen LogP contribution is 2.27. The van der Waals surface area contributed by atoms with Crippen LogP contribution in [0.5, 0.6) is 0 Å². The molecule has 0 aliphatic carbocycles. The zero-order valence-electron chi connectivity index (χ0n) is 17.2. The van der Waals surface area contributed by atoms with E-state index in [0.717, 1.165) is 11.3 Å². The van der Waals surface area contributed by atoms with Crippen LogP contribution in [0, 0.1) is 5.92 Å². The smallest absolute Gasteiger partial charge is 0.243 e. The molecule has 2 N–H and O–H groups in total. The topological polar surface area (TPSA) is 78.5 Å². The first-order valence-corrected chi connectivity index (χ1v) is 11.3. The van der Waals surface area contributed by atoms with Crippen molar-refractivity contribution in [1.29, 1.82) is 0 Å². The van der Waals surface area contributed by atoms with Crippen LogP contribution in [0.3, 0.4) is 0 Å². The predicted octanol–water partition coefficient (Wildman–Crippen LogP) is 3.53. The van der Waals surface area contributed by atoms with Gasteiger partial charge >= 0.3 is 0 Å². The van der Waals surface area contributed by atoms with Crippen LogP contribution in [0.2, 0.25) is 0 Å². The Balaban J connectivity index is 1.57. The largest absolute Gasteiger partial charge is 0.299 e. The zero-order valence-corrected chi connectivity index (χ0v) is 18.0. The molecule has 1 fully saturated rings. The van der Waals surface area contributed by atoms with E-state index < -0.39 is 10.0 Å². The minimum absolute atomic E-state index is 0.0260. The Labute approximate surface area is 173 Å². The molecule has 2 aromatic carbocycles. The Hall–Kier alpha value is -2.38. The summed E-state index contributed by atoms with van der Waals surface area (Å²) in [7, 11) is -3.54. The molecule has 3 rings (SSSR count). The maximum absolute atomic E-state index is 12.9. The monoisotopic (exact) mass is 415 g/mol.